The van der Waals surface area contributed by atoms with E-state index in [0.717, 1.165) is 18.5 Å². The van der Waals surface area contributed by atoms with Gasteiger partial charge in [0, 0.05) is 12.2 Å². The molecule has 0 saturated carbocycles. The number of fused-ring (bicyclic) bond motifs is 3. The quantitative estimate of drug-likeness (QED) is 0.772. The predicted octanol–water partition coefficient (Wildman–Crippen LogP) is 1.94. The molecular weight excluding hydrogens is 258 g/mol. The van der Waals surface area contributed by atoms with Gasteiger partial charge in [-0.2, -0.15) is 0 Å². The van der Waals surface area contributed by atoms with Crippen molar-refractivity contribution >= 4 is 17.5 Å². The summed E-state index contributed by atoms with van der Waals surface area (Å²) in [7, 11) is 0. The maximum absolute atomic E-state index is 12.2. The van der Waals surface area contributed by atoms with Crippen LogP contribution >= 0.6 is 0 Å². The molecule has 1 aromatic heterocycles. The molecule has 0 aromatic carbocycles. The molecule has 0 bridgehead atoms. The zero-order chi connectivity index (χ0) is 14.3. The number of carbonyl (C=O) groups excluding carboxylic acids is 3. The SMILES string of the molecule is CCOC(=O)c1c2c(n3c1CCCC3)C(=O)C=CC2=O. The van der Waals surface area contributed by atoms with E-state index in [1.807, 2.05) is 4.57 Å². The summed E-state index contributed by atoms with van der Waals surface area (Å²) in [4.78, 5) is 36.4. The molecule has 5 nitrogen and oxygen atoms in total. The van der Waals surface area contributed by atoms with Crippen LogP contribution in [0.5, 0.6) is 0 Å². The van der Waals surface area contributed by atoms with E-state index in [2.05, 4.69) is 0 Å². The Morgan fingerprint density at radius 1 is 1.25 bits per heavy atom. The number of carbonyl (C=O) groups is 3. The van der Waals surface area contributed by atoms with Crippen LogP contribution in [0.2, 0.25) is 0 Å². The van der Waals surface area contributed by atoms with Crippen molar-refractivity contribution in [3.63, 3.8) is 0 Å². The molecule has 0 spiro atoms. The van der Waals surface area contributed by atoms with Crippen molar-refractivity contribution in [3.8, 4) is 0 Å². The van der Waals surface area contributed by atoms with Gasteiger partial charge in [-0.3, -0.25) is 9.59 Å². The molecular formula is C15H15NO4. The smallest absolute Gasteiger partial charge is 0.340 e. The summed E-state index contributed by atoms with van der Waals surface area (Å²) >= 11 is 0. The molecule has 0 N–H and O–H groups in total. The molecule has 1 aliphatic carbocycles. The molecule has 20 heavy (non-hydrogen) atoms. The summed E-state index contributed by atoms with van der Waals surface area (Å²) in [5.41, 5.74) is 1.65. The van der Waals surface area contributed by atoms with E-state index in [9.17, 15) is 14.4 Å². The summed E-state index contributed by atoms with van der Waals surface area (Å²) in [6.07, 6.45) is 5.11. The lowest BCUT2D eigenvalue weighted by molar-refractivity contribution is 0.0522. The molecule has 1 aromatic rings. The largest absolute Gasteiger partial charge is 0.462 e. The Labute approximate surface area is 116 Å². The molecule has 0 saturated heterocycles. The average Bonchev–Trinajstić information content (AvgIpc) is 2.79. The van der Waals surface area contributed by atoms with Crippen molar-refractivity contribution < 1.29 is 19.1 Å². The van der Waals surface area contributed by atoms with Gasteiger partial charge >= 0.3 is 5.97 Å². The molecule has 0 radical (unpaired) electrons. The van der Waals surface area contributed by atoms with Gasteiger partial charge in [-0.15, -0.1) is 0 Å². The first kappa shape index (κ1) is 12.8. The van der Waals surface area contributed by atoms with E-state index in [0.29, 0.717) is 24.2 Å². The third kappa shape index (κ3) is 1.73. The number of rotatable bonds is 2. The molecule has 1 aliphatic heterocycles. The van der Waals surface area contributed by atoms with Crippen molar-refractivity contribution in [1.29, 1.82) is 0 Å². The van der Waals surface area contributed by atoms with E-state index in [1.54, 1.807) is 6.92 Å². The lowest BCUT2D eigenvalue weighted by Gasteiger charge is -2.18. The van der Waals surface area contributed by atoms with Crippen molar-refractivity contribution in [2.45, 2.75) is 32.7 Å². The lowest BCUT2D eigenvalue weighted by Crippen LogP contribution is -2.18. The van der Waals surface area contributed by atoms with Crippen LogP contribution in [0.15, 0.2) is 12.2 Å². The predicted molar refractivity (Wildman–Crippen MR) is 71.1 cm³/mol. The number of allylic oxidation sites excluding steroid dienone is 2. The molecule has 0 fully saturated rings. The minimum atomic E-state index is -0.504. The number of nitrogens with zero attached hydrogens (tertiary/aromatic N) is 1. The Kier molecular flexibility index (Phi) is 3.04. The summed E-state index contributed by atoms with van der Waals surface area (Å²) in [5.74, 6) is -1.00. The second-order valence-electron chi connectivity index (χ2n) is 4.94. The topological polar surface area (TPSA) is 65.4 Å². The minimum absolute atomic E-state index is 0.210. The zero-order valence-electron chi connectivity index (χ0n) is 11.3. The van der Waals surface area contributed by atoms with Crippen LogP contribution in [0.4, 0.5) is 0 Å². The molecule has 3 rings (SSSR count). The molecule has 0 unspecified atom stereocenters. The van der Waals surface area contributed by atoms with Crippen LogP contribution in [0, 0.1) is 0 Å². The molecule has 2 heterocycles. The van der Waals surface area contributed by atoms with Gasteiger partial charge in [-0.25, -0.2) is 4.79 Å². The lowest BCUT2D eigenvalue weighted by atomic mass is 9.97. The highest BCUT2D eigenvalue weighted by Gasteiger charge is 2.35. The van der Waals surface area contributed by atoms with E-state index in [4.69, 9.17) is 4.74 Å². The number of hydrogen-bond acceptors (Lipinski definition) is 4. The van der Waals surface area contributed by atoms with Crippen molar-refractivity contribution in [3.05, 3.63) is 34.7 Å². The van der Waals surface area contributed by atoms with Crippen molar-refractivity contribution in [2.75, 3.05) is 6.61 Å². The highest BCUT2D eigenvalue weighted by molar-refractivity contribution is 6.25. The molecule has 0 amide bonds. The van der Waals surface area contributed by atoms with Gasteiger partial charge in [0.05, 0.1) is 17.7 Å². The van der Waals surface area contributed by atoms with Gasteiger partial charge in [0.1, 0.15) is 5.69 Å². The van der Waals surface area contributed by atoms with Crippen LogP contribution in [0.3, 0.4) is 0 Å². The van der Waals surface area contributed by atoms with Crippen LogP contribution in [0.1, 0.15) is 56.7 Å². The van der Waals surface area contributed by atoms with Crippen LogP contribution in [0.25, 0.3) is 0 Å². The van der Waals surface area contributed by atoms with E-state index < -0.39 is 5.97 Å². The first-order valence-corrected chi connectivity index (χ1v) is 6.84. The standard InChI is InChI=1S/C15H15NO4/c1-2-20-15(19)12-9-5-3-4-8-16(9)14-11(18)7-6-10(17)13(12)14/h6-7H,2-5,8H2,1H3. The Balaban J connectivity index is 2.26. The molecule has 2 aliphatic rings. The fourth-order valence-corrected chi connectivity index (χ4v) is 2.97. The van der Waals surface area contributed by atoms with Crippen LogP contribution in [-0.2, 0) is 17.7 Å². The first-order valence-electron chi connectivity index (χ1n) is 6.84. The second kappa shape index (κ2) is 4.74. The Morgan fingerprint density at radius 3 is 2.75 bits per heavy atom. The van der Waals surface area contributed by atoms with Gasteiger partial charge < -0.3 is 9.30 Å². The van der Waals surface area contributed by atoms with Gasteiger partial charge in [0.2, 0.25) is 5.78 Å². The average molecular weight is 273 g/mol. The normalized spacial score (nSPS) is 16.9. The highest BCUT2D eigenvalue weighted by atomic mass is 16.5. The first-order chi connectivity index (χ1) is 9.65. The summed E-state index contributed by atoms with van der Waals surface area (Å²) in [5, 5.41) is 0. The molecule has 0 atom stereocenters. The van der Waals surface area contributed by atoms with Gasteiger partial charge in [-0.05, 0) is 38.3 Å². The van der Waals surface area contributed by atoms with Gasteiger partial charge in [-0.1, -0.05) is 0 Å². The molecule has 5 heteroatoms. The van der Waals surface area contributed by atoms with Gasteiger partial charge in [0.15, 0.2) is 5.78 Å². The number of esters is 1. The fourth-order valence-electron chi connectivity index (χ4n) is 2.97. The number of hydrogen-bond donors (Lipinski definition) is 0. The number of aromatic nitrogens is 1. The monoisotopic (exact) mass is 273 g/mol. The van der Waals surface area contributed by atoms with Crippen LogP contribution < -0.4 is 0 Å². The number of ketones is 2. The molecule has 104 valence electrons. The summed E-state index contributed by atoms with van der Waals surface area (Å²) in [6, 6.07) is 0. The third-order valence-electron chi connectivity index (χ3n) is 3.76. The van der Waals surface area contributed by atoms with Crippen molar-refractivity contribution in [1.82, 2.24) is 4.57 Å². The van der Waals surface area contributed by atoms with E-state index in [1.165, 1.54) is 12.2 Å². The maximum atomic E-state index is 12.2. The minimum Gasteiger partial charge on any atom is -0.462 e. The number of ether oxygens (including phenoxy) is 1. The van der Waals surface area contributed by atoms with E-state index >= 15 is 0 Å². The van der Waals surface area contributed by atoms with Crippen molar-refractivity contribution in [2.24, 2.45) is 0 Å². The highest BCUT2D eigenvalue weighted by Crippen LogP contribution is 2.32. The Hall–Kier alpha value is -2.17. The summed E-state index contributed by atoms with van der Waals surface area (Å²) in [6.45, 7) is 2.64. The van der Waals surface area contributed by atoms with Crippen LogP contribution in [-0.4, -0.2) is 28.7 Å². The Bertz CT molecular complexity index is 651. The van der Waals surface area contributed by atoms with Gasteiger partial charge in [0.25, 0.3) is 0 Å². The second-order valence-corrected chi connectivity index (χ2v) is 4.94. The zero-order valence-corrected chi connectivity index (χ0v) is 11.3. The summed E-state index contributed by atoms with van der Waals surface area (Å²) < 4.78 is 6.89. The third-order valence-corrected chi connectivity index (χ3v) is 3.76. The fraction of sp³-hybridized carbons (Fsp3) is 0.400. The van der Waals surface area contributed by atoms with E-state index in [-0.39, 0.29) is 23.7 Å². The maximum Gasteiger partial charge on any atom is 0.340 e. The Morgan fingerprint density at radius 2 is 2.00 bits per heavy atom.